The first-order chi connectivity index (χ1) is 12.1. The Morgan fingerprint density at radius 1 is 1.04 bits per heavy atom. The highest BCUT2D eigenvalue weighted by Gasteiger charge is 2.39. The zero-order chi connectivity index (χ0) is 19.2. The second kappa shape index (κ2) is 6.22. The summed E-state index contributed by atoms with van der Waals surface area (Å²) in [6, 6.07) is 3.21. The lowest BCUT2D eigenvalue weighted by Crippen LogP contribution is -2.21. The lowest BCUT2D eigenvalue weighted by molar-refractivity contribution is -0.140. The number of carboxylic acid groups (broad SMARTS) is 1. The van der Waals surface area contributed by atoms with Crippen LogP contribution in [0.2, 0.25) is 0 Å². The molecule has 0 amide bonds. The van der Waals surface area contributed by atoms with Crippen molar-refractivity contribution in [3.8, 4) is 5.75 Å². The molecule has 1 atom stereocenters. The number of rotatable bonds is 2. The number of hydrogen-bond donors (Lipinski definition) is 1. The van der Waals surface area contributed by atoms with Crippen LogP contribution in [0.15, 0.2) is 24.3 Å². The molecule has 138 valence electrons. The lowest BCUT2D eigenvalue weighted by atomic mass is 9.83. The Morgan fingerprint density at radius 3 is 2.31 bits per heavy atom. The standard InChI is InChI=1S/C17H10F6O3/c18-11-4-2-9-7(5-6-26-15(9)14(11)20)8-1-3-10(17(21,22)23)13(19)12(8)16(24)25/h1-4,7H,5-6H2,(H,24,25). The third-order valence-corrected chi connectivity index (χ3v) is 4.18. The zero-order valence-electron chi connectivity index (χ0n) is 12.8. The summed E-state index contributed by atoms with van der Waals surface area (Å²) >= 11 is 0. The number of carbonyl (C=O) groups is 1. The van der Waals surface area contributed by atoms with Crippen LogP contribution in [-0.4, -0.2) is 17.7 Å². The van der Waals surface area contributed by atoms with Gasteiger partial charge in [-0.25, -0.2) is 13.6 Å². The molecule has 3 nitrogen and oxygen atoms in total. The van der Waals surface area contributed by atoms with E-state index in [4.69, 9.17) is 4.74 Å². The Morgan fingerprint density at radius 2 is 1.69 bits per heavy atom. The molecule has 0 fully saturated rings. The minimum atomic E-state index is -5.07. The van der Waals surface area contributed by atoms with Gasteiger partial charge in [0.2, 0.25) is 5.82 Å². The quantitative estimate of drug-likeness (QED) is 0.771. The molecule has 1 N–H and O–H groups in total. The van der Waals surface area contributed by atoms with Crippen LogP contribution in [0.3, 0.4) is 0 Å². The zero-order valence-corrected chi connectivity index (χ0v) is 12.8. The van der Waals surface area contributed by atoms with Crippen molar-refractivity contribution in [3.63, 3.8) is 0 Å². The minimum Gasteiger partial charge on any atom is -0.490 e. The molecule has 1 aliphatic heterocycles. The van der Waals surface area contributed by atoms with E-state index in [9.17, 15) is 36.2 Å². The summed E-state index contributed by atoms with van der Waals surface area (Å²) < 4.78 is 85.2. The third-order valence-electron chi connectivity index (χ3n) is 4.18. The molecule has 2 aromatic carbocycles. The van der Waals surface area contributed by atoms with Crippen molar-refractivity contribution in [1.82, 2.24) is 0 Å². The lowest BCUT2D eigenvalue weighted by Gasteiger charge is -2.28. The molecule has 0 saturated heterocycles. The molecule has 0 spiro atoms. The number of alkyl halides is 3. The van der Waals surface area contributed by atoms with E-state index in [1.165, 1.54) is 0 Å². The van der Waals surface area contributed by atoms with Gasteiger partial charge in [0.15, 0.2) is 11.6 Å². The third kappa shape index (κ3) is 2.87. The van der Waals surface area contributed by atoms with Gasteiger partial charge in [0, 0.05) is 11.5 Å². The maximum Gasteiger partial charge on any atom is 0.419 e. The average Bonchev–Trinajstić information content (AvgIpc) is 2.56. The monoisotopic (exact) mass is 376 g/mol. The van der Waals surface area contributed by atoms with Crippen LogP contribution in [0.1, 0.15) is 39.4 Å². The number of ether oxygens (including phenoxy) is 1. The Labute approximate surface area is 142 Å². The molecule has 0 aromatic heterocycles. The van der Waals surface area contributed by atoms with Crippen LogP contribution in [-0.2, 0) is 6.18 Å². The number of carboxylic acids is 1. The maximum absolute atomic E-state index is 14.3. The van der Waals surface area contributed by atoms with Crippen molar-refractivity contribution >= 4 is 5.97 Å². The molecule has 1 heterocycles. The highest BCUT2D eigenvalue weighted by molar-refractivity contribution is 5.90. The van der Waals surface area contributed by atoms with Gasteiger partial charge in [-0.3, -0.25) is 0 Å². The van der Waals surface area contributed by atoms with Crippen LogP contribution in [0.5, 0.6) is 5.75 Å². The van der Waals surface area contributed by atoms with Gasteiger partial charge in [0.05, 0.1) is 17.7 Å². The molecule has 0 aliphatic carbocycles. The smallest absolute Gasteiger partial charge is 0.419 e. The van der Waals surface area contributed by atoms with Gasteiger partial charge in [-0.15, -0.1) is 0 Å². The van der Waals surface area contributed by atoms with Crippen LogP contribution in [0.4, 0.5) is 26.3 Å². The highest BCUT2D eigenvalue weighted by Crippen LogP contribution is 2.43. The summed E-state index contributed by atoms with van der Waals surface area (Å²) in [4.78, 5) is 11.4. The Kier molecular flexibility index (Phi) is 4.33. The highest BCUT2D eigenvalue weighted by atomic mass is 19.4. The van der Waals surface area contributed by atoms with Crippen molar-refractivity contribution in [3.05, 3.63) is 64.0 Å². The number of aromatic carboxylic acids is 1. The van der Waals surface area contributed by atoms with E-state index in [0.717, 1.165) is 18.2 Å². The summed E-state index contributed by atoms with van der Waals surface area (Å²) in [7, 11) is 0. The van der Waals surface area contributed by atoms with Crippen molar-refractivity contribution < 1.29 is 41.0 Å². The van der Waals surface area contributed by atoms with Crippen LogP contribution < -0.4 is 4.74 Å². The van der Waals surface area contributed by atoms with E-state index in [-0.39, 0.29) is 24.2 Å². The number of fused-ring (bicyclic) bond motifs is 1. The summed E-state index contributed by atoms with van der Waals surface area (Å²) in [5.74, 6) is -7.72. The summed E-state index contributed by atoms with van der Waals surface area (Å²) in [5.41, 5.74) is -3.09. The van der Waals surface area contributed by atoms with Crippen LogP contribution >= 0.6 is 0 Å². The summed E-state index contributed by atoms with van der Waals surface area (Å²) in [6.07, 6.45) is -5.02. The van der Waals surface area contributed by atoms with Gasteiger partial charge in [0.1, 0.15) is 5.82 Å². The van der Waals surface area contributed by atoms with E-state index in [0.29, 0.717) is 6.07 Å². The van der Waals surface area contributed by atoms with Gasteiger partial charge in [0.25, 0.3) is 0 Å². The van der Waals surface area contributed by atoms with Gasteiger partial charge in [-0.1, -0.05) is 12.1 Å². The van der Waals surface area contributed by atoms with E-state index in [2.05, 4.69) is 0 Å². The van der Waals surface area contributed by atoms with Crippen LogP contribution in [0, 0.1) is 17.5 Å². The Hall–Kier alpha value is -2.71. The Bertz CT molecular complexity index is 891. The molecule has 0 saturated carbocycles. The molecule has 1 aliphatic rings. The largest absolute Gasteiger partial charge is 0.490 e. The number of hydrogen-bond acceptors (Lipinski definition) is 2. The van der Waals surface area contributed by atoms with Gasteiger partial charge in [-0.05, 0) is 24.1 Å². The first-order valence-electron chi connectivity index (χ1n) is 7.36. The van der Waals surface area contributed by atoms with Crippen molar-refractivity contribution in [2.45, 2.75) is 18.5 Å². The maximum atomic E-state index is 14.3. The van der Waals surface area contributed by atoms with E-state index in [1.807, 2.05) is 0 Å². The molecule has 9 heteroatoms. The van der Waals surface area contributed by atoms with E-state index < -0.39 is 52.4 Å². The molecule has 2 aromatic rings. The van der Waals surface area contributed by atoms with Gasteiger partial charge >= 0.3 is 12.1 Å². The minimum absolute atomic E-state index is 0.0387. The number of benzene rings is 2. The van der Waals surface area contributed by atoms with Gasteiger partial charge in [-0.2, -0.15) is 17.6 Å². The fraction of sp³-hybridized carbons (Fsp3) is 0.235. The molecular weight excluding hydrogens is 366 g/mol. The topological polar surface area (TPSA) is 46.5 Å². The predicted octanol–water partition coefficient (Wildman–Crippen LogP) is 4.74. The summed E-state index contributed by atoms with van der Waals surface area (Å²) in [6.45, 7) is -0.139. The fourth-order valence-electron chi connectivity index (χ4n) is 3.04. The molecule has 0 bridgehead atoms. The molecular formula is C17H10F6O3. The second-order valence-corrected chi connectivity index (χ2v) is 5.66. The number of halogens is 6. The SMILES string of the molecule is O=C(O)c1c(C2CCOc3c2ccc(F)c3F)ccc(C(F)(F)F)c1F. The summed E-state index contributed by atoms with van der Waals surface area (Å²) in [5, 5.41) is 9.24. The normalized spacial score (nSPS) is 16.8. The predicted molar refractivity (Wildman–Crippen MR) is 76.7 cm³/mol. The van der Waals surface area contributed by atoms with Gasteiger partial charge < -0.3 is 9.84 Å². The molecule has 3 rings (SSSR count). The van der Waals surface area contributed by atoms with Crippen molar-refractivity contribution in [1.29, 1.82) is 0 Å². The second-order valence-electron chi connectivity index (χ2n) is 5.66. The van der Waals surface area contributed by atoms with E-state index in [1.54, 1.807) is 0 Å². The Balaban J connectivity index is 2.22. The molecule has 1 unspecified atom stereocenters. The van der Waals surface area contributed by atoms with Crippen molar-refractivity contribution in [2.24, 2.45) is 0 Å². The fourth-order valence-corrected chi connectivity index (χ4v) is 3.04. The van der Waals surface area contributed by atoms with Crippen molar-refractivity contribution in [2.75, 3.05) is 6.61 Å². The first-order valence-corrected chi connectivity index (χ1v) is 7.36. The van der Waals surface area contributed by atoms with E-state index >= 15 is 0 Å². The molecule has 0 radical (unpaired) electrons. The average molecular weight is 376 g/mol. The first kappa shape index (κ1) is 18.1. The molecule has 26 heavy (non-hydrogen) atoms. The van der Waals surface area contributed by atoms with Crippen LogP contribution in [0.25, 0.3) is 0 Å².